The number of nitrogens with zero attached hydrogens (tertiary/aromatic N) is 2. The minimum Gasteiger partial charge on any atom is -0.394 e. The third-order valence-corrected chi connectivity index (χ3v) is 2.60. The molecule has 1 atom stereocenters. The van der Waals surface area contributed by atoms with Crippen molar-refractivity contribution in [2.75, 3.05) is 18.5 Å². The zero-order valence-electron chi connectivity index (χ0n) is 10.2. The van der Waals surface area contributed by atoms with Gasteiger partial charge in [0.15, 0.2) is 0 Å². The lowest BCUT2D eigenvalue weighted by atomic mass is 10.2. The average molecular weight is 247 g/mol. The molecule has 0 aliphatic rings. The van der Waals surface area contributed by atoms with Crippen LogP contribution in [0.5, 0.6) is 0 Å². The quantitative estimate of drug-likeness (QED) is 0.735. The maximum absolute atomic E-state index is 9.23. The number of aliphatic hydroxyl groups excluding tert-OH is 2. The fraction of sp³-hybridized carbons (Fsp3) is 0.308. The van der Waals surface area contributed by atoms with Gasteiger partial charge in [0.2, 0.25) is 0 Å². The zero-order valence-corrected chi connectivity index (χ0v) is 10.2. The maximum atomic E-state index is 9.23. The number of benzene rings is 1. The van der Waals surface area contributed by atoms with Gasteiger partial charge in [0.25, 0.3) is 0 Å². The first-order valence-electron chi connectivity index (χ1n) is 5.83. The van der Waals surface area contributed by atoms with Crippen LogP contribution in [0.2, 0.25) is 0 Å². The fourth-order valence-electron chi connectivity index (χ4n) is 1.59. The molecule has 1 unspecified atom stereocenters. The van der Waals surface area contributed by atoms with Crippen molar-refractivity contribution in [1.82, 2.24) is 9.78 Å². The Labute approximate surface area is 106 Å². The topological polar surface area (TPSA) is 70.3 Å². The standard InChI is InChI=1S/C13H17N3O2/c1-10-6-15-16(8-10)12-4-2-11(3-5-12)14-7-13(18)9-17/h2-6,8,13-14,17-18H,7,9H2,1H3. The molecular formula is C13H17N3O2. The van der Waals surface area contributed by atoms with E-state index in [2.05, 4.69) is 10.4 Å². The van der Waals surface area contributed by atoms with Crippen LogP contribution in [0, 0.1) is 6.92 Å². The summed E-state index contributed by atoms with van der Waals surface area (Å²) in [5.74, 6) is 0. The number of aryl methyl sites for hydroxylation is 1. The summed E-state index contributed by atoms with van der Waals surface area (Å²) < 4.78 is 1.81. The van der Waals surface area contributed by atoms with Gasteiger partial charge in [-0.05, 0) is 36.8 Å². The lowest BCUT2D eigenvalue weighted by molar-refractivity contribution is 0.105. The van der Waals surface area contributed by atoms with Gasteiger partial charge in [-0.25, -0.2) is 4.68 Å². The highest BCUT2D eigenvalue weighted by molar-refractivity contribution is 5.48. The summed E-state index contributed by atoms with van der Waals surface area (Å²) >= 11 is 0. The van der Waals surface area contributed by atoms with Crippen LogP contribution in [0.4, 0.5) is 5.69 Å². The third kappa shape index (κ3) is 3.09. The zero-order chi connectivity index (χ0) is 13.0. The summed E-state index contributed by atoms with van der Waals surface area (Å²) in [5, 5.41) is 25.2. The van der Waals surface area contributed by atoms with Crippen molar-refractivity contribution in [3.8, 4) is 5.69 Å². The summed E-state index contributed by atoms with van der Waals surface area (Å²) in [6, 6.07) is 7.72. The summed E-state index contributed by atoms with van der Waals surface area (Å²) in [4.78, 5) is 0. The molecule has 0 amide bonds. The minimum atomic E-state index is -0.738. The van der Waals surface area contributed by atoms with E-state index in [1.54, 1.807) is 0 Å². The second-order valence-electron chi connectivity index (χ2n) is 4.23. The predicted molar refractivity (Wildman–Crippen MR) is 69.9 cm³/mol. The van der Waals surface area contributed by atoms with Gasteiger partial charge in [-0.3, -0.25) is 0 Å². The predicted octanol–water partition coefficient (Wildman–Crippen LogP) is 0.946. The smallest absolute Gasteiger partial charge is 0.0942 e. The number of nitrogens with one attached hydrogen (secondary N) is 1. The first-order valence-corrected chi connectivity index (χ1v) is 5.83. The Morgan fingerprint density at radius 3 is 2.61 bits per heavy atom. The Hall–Kier alpha value is -1.85. The summed E-state index contributed by atoms with van der Waals surface area (Å²) in [6.07, 6.45) is 3.03. The number of hydrogen-bond donors (Lipinski definition) is 3. The minimum absolute atomic E-state index is 0.238. The van der Waals surface area contributed by atoms with Crippen molar-refractivity contribution in [3.63, 3.8) is 0 Å². The summed E-state index contributed by atoms with van der Waals surface area (Å²) in [6.45, 7) is 2.09. The van der Waals surface area contributed by atoms with Crippen LogP contribution in [-0.4, -0.2) is 39.2 Å². The Bertz CT molecular complexity index is 493. The van der Waals surface area contributed by atoms with Gasteiger partial charge in [0.1, 0.15) is 0 Å². The van der Waals surface area contributed by atoms with Crippen LogP contribution in [0.3, 0.4) is 0 Å². The third-order valence-electron chi connectivity index (χ3n) is 2.60. The number of aromatic nitrogens is 2. The second kappa shape index (κ2) is 5.66. The van der Waals surface area contributed by atoms with E-state index < -0.39 is 6.10 Å². The van der Waals surface area contributed by atoms with E-state index in [9.17, 15) is 5.11 Å². The van der Waals surface area contributed by atoms with Gasteiger partial charge in [0, 0.05) is 18.4 Å². The SMILES string of the molecule is Cc1cnn(-c2ccc(NCC(O)CO)cc2)c1. The first-order chi connectivity index (χ1) is 8.69. The molecule has 18 heavy (non-hydrogen) atoms. The molecule has 2 aromatic rings. The molecule has 1 heterocycles. The molecule has 2 rings (SSSR count). The van der Waals surface area contributed by atoms with Crippen molar-refractivity contribution in [2.24, 2.45) is 0 Å². The Balaban J connectivity index is 2.01. The molecule has 0 bridgehead atoms. The monoisotopic (exact) mass is 247 g/mol. The van der Waals surface area contributed by atoms with Gasteiger partial charge in [-0.1, -0.05) is 0 Å². The molecule has 0 aliphatic carbocycles. The largest absolute Gasteiger partial charge is 0.394 e. The van der Waals surface area contributed by atoms with Crippen LogP contribution in [-0.2, 0) is 0 Å². The number of anilines is 1. The van der Waals surface area contributed by atoms with Gasteiger partial charge < -0.3 is 15.5 Å². The molecule has 5 heteroatoms. The van der Waals surface area contributed by atoms with E-state index in [0.717, 1.165) is 16.9 Å². The van der Waals surface area contributed by atoms with Crippen LogP contribution in [0.25, 0.3) is 5.69 Å². The Morgan fingerprint density at radius 1 is 1.33 bits per heavy atom. The summed E-state index contributed by atoms with van der Waals surface area (Å²) in [7, 11) is 0. The fourth-order valence-corrected chi connectivity index (χ4v) is 1.59. The molecule has 96 valence electrons. The number of hydrogen-bond acceptors (Lipinski definition) is 4. The summed E-state index contributed by atoms with van der Waals surface area (Å²) in [5.41, 5.74) is 3.00. The lowest BCUT2D eigenvalue weighted by Crippen LogP contribution is -2.22. The van der Waals surface area contributed by atoms with Gasteiger partial charge in [0.05, 0.1) is 24.6 Å². The van der Waals surface area contributed by atoms with E-state index >= 15 is 0 Å². The van der Waals surface area contributed by atoms with E-state index in [4.69, 9.17) is 5.11 Å². The van der Waals surface area contributed by atoms with E-state index in [1.165, 1.54) is 0 Å². The van der Waals surface area contributed by atoms with Crippen molar-refractivity contribution in [1.29, 1.82) is 0 Å². The Kier molecular flexibility index (Phi) is 3.96. The number of rotatable bonds is 5. The molecule has 5 nitrogen and oxygen atoms in total. The van der Waals surface area contributed by atoms with Gasteiger partial charge in [-0.2, -0.15) is 5.10 Å². The second-order valence-corrected chi connectivity index (χ2v) is 4.23. The first kappa shape index (κ1) is 12.6. The molecule has 0 saturated carbocycles. The molecule has 1 aromatic heterocycles. The van der Waals surface area contributed by atoms with Gasteiger partial charge >= 0.3 is 0 Å². The highest BCUT2D eigenvalue weighted by atomic mass is 16.3. The van der Waals surface area contributed by atoms with Crippen molar-refractivity contribution in [3.05, 3.63) is 42.2 Å². The van der Waals surface area contributed by atoms with Crippen molar-refractivity contribution >= 4 is 5.69 Å². The molecule has 1 aromatic carbocycles. The van der Waals surface area contributed by atoms with Crippen molar-refractivity contribution < 1.29 is 10.2 Å². The van der Waals surface area contributed by atoms with Crippen LogP contribution in [0.15, 0.2) is 36.7 Å². The molecule has 0 fully saturated rings. The molecule has 0 aliphatic heterocycles. The lowest BCUT2D eigenvalue weighted by Gasteiger charge is -2.10. The highest BCUT2D eigenvalue weighted by Gasteiger charge is 2.02. The van der Waals surface area contributed by atoms with E-state index in [0.29, 0.717) is 6.54 Å². The highest BCUT2D eigenvalue weighted by Crippen LogP contribution is 2.13. The molecule has 0 radical (unpaired) electrons. The van der Waals surface area contributed by atoms with Gasteiger partial charge in [-0.15, -0.1) is 0 Å². The van der Waals surface area contributed by atoms with Crippen LogP contribution < -0.4 is 5.32 Å². The maximum Gasteiger partial charge on any atom is 0.0942 e. The van der Waals surface area contributed by atoms with Crippen LogP contribution >= 0.6 is 0 Å². The molecule has 0 saturated heterocycles. The normalized spacial score (nSPS) is 12.4. The van der Waals surface area contributed by atoms with E-state index in [1.807, 2.05) is 48.3 Å². The number of aliphatic hydroxyl groups is 2. The van der Waals surface area contributed by atoms with Crippen LogP contribution in [0.1, 0.15) is 5.56 Å². The average Bonchev–Trinajstić information content (AvgIpc) is 2.83. The Morgan fingerprint density at radius 2 is 2.06 bits per heavy atom. The molecule has 3 N–H and O–H groups in total. The molecular weight excluding hydrogens is 230 g/mol. The molecule has 0 spiro atoms. The van der Waals surface area contributed by atoms with E-state index in [-0.39, 0.29) is 6.61 Å². The van der Waals surface area contributed by atoms with Crippen molar-refractivity contribution in [2.45, 2.75) is 13.0 Å².